The summed E-state index contributed by atoms with van der Waals surface area (Å²) >= 11 is 0. The van der Waals surface area contributed by atoms with E-state index in [1.807, 2.05) is 12.2 Å². The molecule has 0 aliphatic heterocycles. The summed E-state index contributed by atoms with van der Waals surface area (Å²) in [5.74, 6) is -0.895. The quantitative estimate of drug-likeness (QED) is 0.0740. The molecule has 0 radical (unpaired) electrons. The Labute approximate surface area is 331 Å². The number of ether oxygens (including phenoxy) is 2. The molecule has 1 aliphatic carbocycles. The summed E-state index contributed by atoms with van der Waals surface area (Å²) < 4.78 is 13.0. The topological polar surface area (TPSA) is 55.8 Å². The molecule has 302 valence electrons. The van der Waals surface area contributed by atoms with Crippen molar-refractivity contribution in [1.29, 1.82) is 0 Å². The lowest BCUT2D eigenvalue weighted by Crippen LogP contribution is -2.30. The average Bonchev–Trinajstić information content (AvgIpc) is 3.20. The molecule has 3 rings (SSSR count). The third-order valence-electron chi connectivity index (χ3n) is 11.5. The van der Waals surface area contributed by atoms with Gasteiger partial charge in [-0.05, 0) is 54.2 Å². The van der Waals surface area contributed by atoms with Crippen molar-refractivity contribution in [1.82, 2.24) is 0 Å². The van der Waals surface area contributed by atoms with Crippen molar-refractivity contribution in [2.24, 2.45) is 0 Å². The van der Waals surface area contributed by atoms with E-state index in [-0.39, 0.29) is 6.10 Å². The average molecular weight is 743 g/mol. The largest absolute Gasteiger partial charge is 0.478 e. The summed E-state index contributed by atoms with van der Waals surface area (Å²) in [6.45, 7) is 8.16. The van der Waals surface area contributed by atoms with Crippen molar-refractivity contribution in [3.8, 4) is 11.1 Å². The fourth-order valence-electron chi connectivity index (χ4n) is 7.88. The highest BCUT2D eigenvalue weighted by molar-refractivity contribution is 5.90. The van der Waals surface area contributed by atoms with E-state index < -0.39 is 11.6 Å². The lowest BCUT2D eigenvalue weighted by atomic mass is 9.81. The van der Waals surface area contributed by atoms with Crippen LogP contribution in [0, 0.1) is 0 Å². The maximum atomic E-state index is 11.8. The van der Waals surface area contributed by atoms with E-state index in [4.69, 9.17) is 9.47 Å². The van der Waals surface area contributed by atoms with E-state index >= 15 is 0 Å². The van der Waals surface area contributed by atoms with Gasteiger partial charge in [0.1, 0.15) is 5.60 Å². The molecule has 0 amide bonds. The van der Waals surface area contributed by atoms with Crippen LogP contribution in [-0.2, 0) is 19.9 Å². The highest BCUT2D eigenvalue weighted by Crippen LogP contribution is 2.41. The summed E-state index contributed by atoms with van der Waals surface area (Å²) in [4.78, 5) is 11.8. The van der Waals surface area contributed by atoms with E-state index in [1.54, 1.807) is 6.08 Å². The van der Waals surface area contributed by atoms with Crippen molar-refractivity contribution < 1.29 is 19.4 Å². The number of unbranched alkanes of at least 4 members (excludes halogenated alkanes) is 23. The van der Waals surface area contributed by atoms with Crippen LogP contribution in [0.5, 0.6) is 0 Å². The lowest BCUT2D eigenvalue weighted by molar-refractivity contribution is -0.132. The summed E-state index contributed by atoms with van der Waals surface area (Å²) in [6, 6.07) is 17.2. The molecule has 0 fully saturated rings. The first kappa shape index (κ1) is 45.7. The Kier molecular flexibility index (Phi) is 24.3. The van der Waals surface area contributed by atoms with Gasteiger partial charge in [-0.25, -0.2) is 4.79 Å². The van der Waals surface area contributed by atoms with Gasteiger partial charge < -0.3 is 14.6 Å². The number of rotatable bonds is 33. The normalized spacial score (nSPS) is 16.1. The smallest absolute Gasteiger partial charge is 0.335 e. The molecule has 1 aliphatic rings. The second kappa shape index (κ2) is 28.7. The second-order valence-corrected chi connectivity index (χ2v) is 16.1. The molecular weight excluding hydrogens is 665 g/mol. The van der Waals surface area contributed by atoms with E-state index in [1.165, 1.54) is 147 Å². The number of carboxylic acid groups (broad SMARTS) is 1. The molecular formula is C50H78O4. The number of carboxylic acids is 1. The molecule has 0 bridgehead atoms. The monoisotopic (exact) mass is 743 g/mol. The number of hydrogen-bond donors (Lipinski definition) is 1. The lowest BCUT2D eigenvalue weighted by Gasteiger charge is -2.34. The van der Waals surface area contributed by atoms with Gasteiger partial charge in [0.25, 0.3) is 0 Å². The van der Waals surface area contributed by atoms with Gasteiger partial charge in [-0.15, -0.1) is 0 Å². The van der Waals surface area contributed by atoms with Crippen molar-refractivity contribution in [3.05, 3.63) is 83.5 Å². The molecule has 2 aromatic rings. The molecule has 2 aromatic carbocycles. The Morgan fingerprint density at radius 2 is 1.09 bits per heavy atom. The predicted molar refractivity (Wildman–Crippen MR) is 230 cm³/mol. The molecule has 0 spiro atoms. The first-order valence-corrected chi connectivity index (χ1v) is 22.6. The van der Waals surface area contributed by atoms with Gasteiger partial charge in [0.15, 0.2) is 0 Å². The number of carbonyl (C=O) groups is 1. The first-order valence-electron chi connectivity index (χ1n) is 22.6. The zero-order chi connectivity index (χ0) is 38.5. The van der Waals surface area contributed by atoms with Gasteiger partial charge in [-0.3, -0.25) is 0 Å². The van der Waals surface area contributed by atoms with Gasteiger partial charge in [0, 0.05) is 19.6 Å². The van der Waals surface area contributed by atoms with Gasteiger partial charge in [0.2, 0.25) is 0 Å². The Morgan fingerprint density at radius 3 is 1.56 bits per heavy atom. The third kappa shape index (κ3) is 17.8. The van der Waals surface area contributed by atoms with Crippen LogP contribution >= 0.6 is 0 Å². The molecule has 0 heterocycles. The van der Waals surface area contributed by atoms with Crippen molar-refractivity contribution in [3.63, 3.8) is 0 Å². The molecule has 4 heteroatoms. The van der Waals surface area contributed by atoms with Gasteiger partial charge >= 0.3 is 5.97 Å². The Bertz CT molecular complexity index is 1310. The number of hydrogen-bond acceptors (Lipinski definition) is 3. The van der Waals surface area contributed by atoms with Crippen LogP contribution in [-0.4, -0.2) is 24.3 Å². The maximum Gasteiger partial charge on any atom is 0.335 e. The van der Waals surface area contributed by atoms with E-state index in [2.05, 4.69) is 69.3 Å². The van der Waals surface area contributed by atoms with Gasteiger partial charge in [0.05, 0.1) is 11.7 Å². The SMILES string of the molecule is CCCCCCCCCCCCCCCCCCCOC(C)c1ccc(-c2ccccc2C2(OCCCCCCCCCC)C=CC(C(=O)O)=CC2)cc1. The van der Waals surface area contributed by atoms with Gasteiger partial charge in [-0.1, -0.05) is 216 Å². The highest BCUT2D eigenvalue weighted by atomic mass is 16.5. The van der Waals surface area contributed by atoms with Crippen LogP contribution < -0.4 is 0 Å². The van der Waals surface area contributed by atoms with Crippen LogP contribution in [0.3, 0.4) is 0 Å². The van der Waals surface area contributed by atoms with E-state index in [9.17, 15) is 9.90 Å². The Balaban J connectivity index is 1.39. The molecule has 2 unspecified atom stereocenters. The fourth-order valence-corrected chi connectivity index (χ4v) is 7.88. The zero-order valence-corrected chi connectivity index (χ0v) is 34.9. The standard InChI is InChI=1S/C50H78O4/c1-4-6-8-10-12-14-15-16-17-18-19-20-21-22-23-25-29-41-53-43(3)44-33-35-45(36-34-44)47-31-27-28-32-48(47)50(39-37-46(38-40-50)49(51)52)54-42-30-26-24-13-11-9-7-5-2/h27-28,31-39,43H,4-26,29-30,40-42H2,1-3H3,(H,51,52). The Hall–Kier alpha value is -2.69. The fraction of sp³-hybridized carbons (Fsp3) is 0.660. The van der Waals surface area contributed by atoms with Gasteiger partial charge in [-0.2, -0.15) is 0 Å². The maximum absolute atomic E-state index is 11.8. The summed E-state index contributed by atoms with van der Waals surface area (Å²) in [7, 11) is 0. The number of benzene rings is 2. The minimum absolute atomic E-state index is 0.0533. The van der Waals surface area contributed by atoms with Crippen LogP contribution in [0.15, 0.2) is 72.3 Å². The molecule has 0 saturated heterocycles. The van der Waals surface area contributed by atoms with Crippen LogP contribution in [0.25, 0.3) is 11.1 Å². The van der Waals surface area contributed by atoms with Crippen molar-refractivity contribution >= 4 is 5.97 Å². The predicted octanol–water partition coefficient (Wildman–Crippen LogP) is 15.4. The molecule has 1 N–H and O–H groups in total. The zero-order valence-electron chi connectivity index (χ0n) is 34.9. The van der Waals surface area contributed by atoms with Crippen LogP contribution in [0.2, 0.25) is 0 Å². The summed E-state index contributed by atoms with van der Waals surface area (Å²) in [5.41, 5.74) is 4.15. The molecule has 0 saturated carbocycles. The van der Waals surface area contributed by atoms with Crippen molar-refractivity contribution in [2.75, 3.05) is 13.2 Å². The second-order valence-electron chi connectivity index (χ2n) is 16.1. The van der Waals surface area contributed by atoms with E-state index in [0.29, 0.717) is 18.6 Å². The minimum Gasteiger partial charge on any atom is -0.478 e. The molecule has 54 heavy (non-hydrogen) atoms. The van der Waals surface area contributed by atoms with Crippen LogP contribution in [0.1, 0.15) is 205 Å². The summed E-state index contributed by atoms with van der Waals surface area (Å²) in [5, 5.41) is 9.64. The Morgan fingerprint density at radius 1 is 0.630 bits per heavy atom. The van der Waals surface area contributed by atoms with Crippen molar-refractivity contribution in [2.45, 2.75) is 199 Å². The number of aliphatic carboxylic acids is 1. The molecule has 2 atom stereocenters. The minimum atomic E-state index is -0.895. The summed E-state index contributed by atoms with van der Waals surface area (Å²) in [6.07, 6.45) is 39.5. The first-order chi connectivity index (χ1) is 26.5. The van der Waals surface area contributed by atoms with E-state index in [0.717, 1.165) is 42.6 Å². The third-order valence-corrected chi connectivity index (χ3v) is 11.5. The molecule has 0 aromatic heterocycles. The molecule has 4 nitrogen and oxygen atoms in total. The highest BCUT2D eigenvalue weighted by Gasteiger charge is 2.34. The van der Waals surface area contributed by atoms with Crippen LogP contribution in [0.4, 0.5) is 0 Å².